The zero-order chi connectivity index (χ0) is 15.9. The number of aliphatic hydroxyl groups is 1. The minimum Gasteiger partial charge on any atom is -0.506 e. The first kappa shape index (κ1) is 14.6. The minimum absolute atomic E-state index is 0.125. The van der Waals surface area contributed by atoms with E-state index in [0.29, 0.717) is 16.3 Å². The Labute approximate surface area is 131 Å². The Bertz CT molecular complexity index is 763. The lowest BCUT2D eigenvalue weighted by Gasteiger charge is -2.15. The molecule has 5 nitrogen and oxygen atoms in total. The van der Waals surface area contributed by atoms with E-state index < -0.39 is 11.8 Å². The molecule has 0 aromatic heterocycles. The van der Waals surface area contributed by atoms with Crippen molar-refractivity contribution >= 4 is 34.3 Å². The van der Waals surface area contributed by atoms with E-state index >= 15 is 0 Å². The molecule has 0 bridgehead atoms. The summed E-state index contributed by atoms with van der Waals surface area (Å²) in [6, 6.07) is 8.76. The lowest BCUT2D eigenvalue weighted by Crippen LogP contribution is -2.26. The van der Waals surface area contributed by atoms with Crippen LogP contribution < -0.4 is 5.32 Å². The van der Waals surface area contributed by atoms with Crippen molar-refractivity contribution in [3.8, 4) is 0 Å². The normalized spacial score (nSPS) is 20.9. The van der Waals surface area contributed by atoms with Crippen molar-refractivity contribution in [3.63, 3.8) is 0 Å². The molecule has 22 heavy (non-hydrogen) atoms. The molecule has 2 amide bonds. The van der Waals surface area contributed by atoms with Gasteiger partial charge >= 0.3 is 0 Å². The highest BCUT2D eigenvalue weighted by Crippen LogP contribution is 2.40. The maximum absolute atomic E-state index is 12.3. The number of aliphatic imine (C=N–C) groups is 1. The molecule has 2 heterocycles. The first-order chi connectivity index (χ1) is 10.5. The number of rotatable bonds is 2. The number of amides is 2. The van der Waals surface area contributed by atoms with Crippen molar-refractivity contribution in [1.82, 2.24) is 0 Å². The molecule has 0 radical (unpaired) electrons. The molecule has 3 rings (SSSR count). The van der Waals surface area contributed by atoms with Gasteiger partial charge in [0.2, 0.25) is 0 Å². The van der Waals surface area contributed by atoms with E-state index in [9.17, 15) is 14.7 Å². The molecular weight excluding hydrogens is 300 g/mol. The number of fused-ring (bicyclic) bond motifs is 1. The second-order valence-electron chi connectivity index (χ2n) is 5.08. The van der Waals surface area contributed by atoms with Gasteiger partial charge in [0.15, 0.2) is 0 Å². The molecule has 2 N–H and O–H groups in total. The standard InChI is InChI=1S/C16H14N2O3S/c1-8-9(2)22-16-11(8)13(19)12(15(21)18-16)14(20)17-10-6-4-3-5-7-10/h3-7,9,19H,1-2H3,(H,17,20). The van der Waals surface area contributed by atoms with Crippen LogP contribution in [0.15, 0.2) is 57.8 Å². The molecule has 0 fully saturated rings. The summed E-state index contributed by atoms with van der Waals surface area (Å²) in [6.07, 6.45) is 0. The van der Waals surface area contributed by atoms with E-state index in [1.807, 2.05) is 19.9 Å². The Balaban J connectivity index is 1.98. The summed E-state index contributed by atoms with van der Waals surface area (Å²) < 4.78 is 0. The lowest BCUT2D eigenvalue weighted by atomic mass is 10.00. The number of para-hydroxylation sites is 1. The molecule has 1 atom stereocenters. The number of hydrogen-bond donors (Lipinski definition) is 2. The number of allylic oxidation sites excluding steroid dienone is 1. The summed E-state index contributed by atoms with van der Waals surface area (Å²) in [7, 11) is 0. The maximum atomic E-state index is 12.3. The zero-order valence-electron chi connectivity index (χ0n) is 12.1. The van der Waals surface area contributed by atoms with Gasteiger partial charge in [0.25, 0.3) is 11.8 Å². The minimum atomic E-state index is -0.709. The molecule has 1 unspecified atom stereocenters. The highest BCUT2D eigenvalue weighted by molar-refractivity contribution is 8.15. The number of benzene rings is 1. The average Bonchev–Trinajstić information content (AvgIpc) is 2.74. The van der Waals surface area contributed by atoms with E-state index in [-0.39, 0.29) is 16.6 Å². The first-order valence-electron chi connectivity index (χ1n) is 6.80. The topological polar surface area (TPSA) is 78.8 Å². The van der Waals surface area contributed by atoms with Crippen molar-refractivity contribution in [3.05, 3.63) is 52.8 Å². The predicted molar refractivity (Wildman–Crippen MR) is 86.9 cm³/mol. The largest absolute Gasteiger partial charge is 0.506 e. The van der Waals surface area contributed by atoms with Gasteiger partial charge in [-0.05, 0) is 31.6 Å². The molecule has 0 spiro atoms. The Morgan fingerprint density at radius 3 is 2.68 bits per heavy atom. The quantitative estimate of drug-likeness (QED) is 0.823. The number of hydrogen-bond acceptors (Lipinski definition) is 4. The summed E-state index contributed by atoms with van der Waals surface area (Å²) >= 11 is 1.41. The van der Waals surface area contributed by atoms with Crippen molar-refractivity contribution in [2.45, 2.75) is 19.1 Å². The molecule has 0 saturated heterocycles. The van der Waals surface area contributed by atoms with E-state index in [1.165, 1.54) is 11.8 Å². The van der Waals surface area contributed by atoms with Gasteiger partial charge < -0.3 is 10.4 Å². The Hall–Kier alpha value is -2.34. The number of dihydropyridines is 1. The Morgan fingerprint density at radius 1 is 1.32 bits per heavy atom. The van der Waals surface area contributed by atoms with E-state index in [2.05, 4.69) is 10.3 Å². The molecule has 1 aromatic carbocycles. The number of nitrogens with one attached hydrogen (secondary N) is 1. The third-order valence-corrected chi connectivity index (χ3v) is 4.88. The number of thioether (sulfide) groups is 1. The van der Waals surface area contributed by atoms with Crippen LogP contribution in [0.2, 0.25) is 0 Å². The fourth-order valence-electron chi connectivity index (χ4n) is 2.35. The average molecular weight is 314 g/mol. The van der Waals surface area contributed by atoms with E-state index in [4.69, 9.17) is 0 Å². The number of anilines is 1. The number of nitrogens with zero attached hydrogens (tertiary/aromatic N) is 1. The monoisotopic (exact) mass is 314 g/mol. The van der Waals surface area contributed by atoms with Crippen LogP contribution in [0, 0.1) is 0 Å². The molecule has 2 aliphatic heterocycles. The van der Waals surface area contributed by atoms with Gasteiger partial charge in [-0.25, -0.2) is 4.99 Å². The molecule has 1 aromatic rings. The molecular formula is C16H14N2O3S. The highest BCUT2D eigenvalue weighted by atomic mass is 32.2. The van der Waals surface area contributed by atoms with Crippen LogP contribution in [0.25, 0.3) is 0 Å². The van der Waals surface area contributed by atoms with Crippen molar-refractivity contribution in [2.75, 3.05) is 5.32 Å². The van der Waals surface area contributed by atoms with Gasteiger partial charge in [0.05, 0.1) is 0 Å². The molecule has 0 saturated carbocycles. The van der Waals surface area contributed by atoms with Crippen LogP contribution in [0.5, 0.6) is 0 Å². The van der Waals surface area contributed by atoms with E-state index in [0.717, 1.165) is 5.57 Å². The number of carbonyl (C=O) groups is 2. The smallest absolute Gasteiger partial charge is 0.287 e. The van der Waals surface area contributed by atoms with Gasteiger partial charge in [-0.2, -0.15) is 0 Å². The van der Waals surface area contributed by atoms with Crippen LogP contribution in [0.3, 0.4) is 0 Å². The van der Waals surface area contributed by atoms with Crippen LogP contribution in [0.4, 0.5) is 5.69 Å². The molecule has 2 aliphatic rings. The van der Waals surface area contributed by atoms with Crippen molar-refractivity contribution < 1.29 is 14.7 Å². The number of aliphatic hydroxyl groups excluding tert-OH is 1. The maximum Gasteiger partial charge on any atom is 0.287 e. The third kappa shape index (κ3) is 2.35. The summed E-state index contributed by atoms with van der Waals surface area (Å²) in [5, 5.41) is 13.6. The Kier molecular flexibility index (Phi) is 3.62. The summed E-state index contributed by atoms with van der Waals surface area (Å²) in [6.45, 7) is 3.84. The fourth-order valence-corrected chi connectivity index (χ4v) is 3.49. The van der Waals surface area contributed by atoms with Gasteiger partial charge in [-0.3, -0.25) is 9.59 Å². The SMILES string of the molecule is CC1=C2C(=NC(=O)C(C(=O)Nc3ccccc3)=C2O)SC1C. The van der Waals surface area contributed by atoms with Gasteiger partial charge in [0.1, 0.15) is 16.4 Å². The van der Waals surface area contributed by atoms with Gasteiger partial charge in [-0.1, -0.05) is 30.0 Å². The van der Waals surface area contributed by atoms with Crippen LogP contribution in [-0.2, 0) is 9.59 Å². The zero-order valence-corrected chi connectivity index (χ0v) is 12.9. The summed E-state index contributed by atoms with van der Waals surface area (Å²) in [5.41, 5.74) is 1.67. The fraction of sp³-hybridized carbons (Fsp3) is 0.188. The van der Waals surface area contributed by atoms with E-state index in [1.54, 1.807) is 24.3 Å². The second-order valence-corrected chi connectivity index (χ2v) is 6.41. The summed E-state index contributed by atoms with van der Waals surface area (Å²) in [4.78, 5) is 28.4. The molecule has 0 aliphatic carbocycles. The van der Waals surface area contributed by atoms with Crippen LogP contribution in [0.1, 0.15) is 13.8 Å². The van der Waals surface area contributed by atoms with Crippen molar-refractivity contribution in [1.29, 1.82) is 0 Å². The van der Waals surface area contributed by atoms with Crippen molar-refractivity contribution in [2.24, 2.45) is 4.99 Å². The third-order valence-electron chi connectivity index (χ3n) is 3.66. The predicted octanol–water partition coefficient (Wildman–Crippen LogP) is 2.83. The summed E-state index contributed by atoms with van der Waals surface area (Å²) in [5.74, 6) is -1.64. The molecule has 6 heteroatoms. The molecule has 112 valence electrons. The van der Waals surface area contributed by atoms with Gasteiger partial charge in [0, 0.05) is 16.5 Å². The van der Waals surface area contributed by atoms with Crippen LogP contribution in [-0.4, -0.2) is 27.2 Å². The first-order valence-corrected chi connectivity index (χ1v) is 7.68. The van der Waals surface area contributed by atoms with Gasteiger partial charge in [-0.15, -0.1) is 0 Å². The number of carbonyl (C=O) groups excluding carboxylic acids is 2. The Morgan fingerprint density at radius 2 is 2.00 bits per heavy atom. The van der Waals surface area contributed by atoms with Crippen LogP contribution >= 0.6 is 11.8 Å². The highest BCUT2D eigenvalue weighted by Gasteiger charge is 2.37. The second kappa shape index (κ2) is 5.46. The lowest BCUT2D eigenvalue weighted by molar-refractivity contribution is -0.119.